The normalized spacial score (nSPS) is 14.1. The van der Waals surface area contributed by atoms with Gasteiger partial charge < -0.3 is 14.8 Å². The molecule has 19 heavy (non-hydrogen) atoms. The molecule has 2 unspecified atom stereocenters. The number of methoxy groups -OCH3 is 1. The molecule has 1 N–H and O–H groups in total. The Balaban J connectivity index is 2.95. The highest BCUT2D eigenvalue weighted by Gasteiger charge is 2.23. The van der Waals surface area contributed by atoms with Gasteiger partial charge in [-0.25, -0.2) is 0 Å². The Morgan fingerprint density at radius 3 is 2.47 bits per heavy atom. The summed E-state index contributed by atoms with van der Waals surface area (Å²) in [5.41, 5.74) is 1.18. The molecule has 0 radical (unpaired) electrons. The van der Waals surface area contributed by atoms with Crippen molar-refractivity contribution >= 4 is 0 Å². The maximum Gasteiger partial charge on any atom is 0.124 e. The first kappa shape index (κ1) is 16.0. The van der Waals surface area contributed by atoms with Crippen LogP contribution in [0, 0.1) is 0 Å². The fourth-order valence-electron chi connectivity index (χ4n) is 2.33. The molecule has 3 heteroatoms. The van der Waals surface area contributed by atoms with Gasteiger partial charge in [0.2, 0.25) is 0 Å². The van der Waals surface area contributed by atoms with Crippen LogP contribution in [0.3, 0.4) is 0 Å². The van der Waals surface area contributed by atoms with E-state index in [0.717, 1.165) is 31.6 Å². The summed E-state index contributed by atoms with van der Waals surface area (Å²) < 4.78 is 11.5. The predicted octanol–water partition coefficient (Wildman–Crippen LogP) is 3.55. The van der Waals surface area contributed by atoms with Crippen molar-refractivity contribution in [1.82, 2.24) is 5.32 Å². The van der Waals surface area contributed by atoms with E-state index in [-0.39, 0.29) is 12.1 Å². The van der Waals surface area contributed by atoms with Crippen LogP contribution in [0.5, 0.6) is 5.75 Å². The van der Waals surface area contributed by atoms with Crippen molar-refractivity contribution in [2.75, 3.05) is 20.8 Å². The van der Waals surface area contributed by atoms with Gasteiger partial charge in [-0.15, -0.1) is 0 Å². The number of hydrogen-bond acceptors (Lipinski definition) is 3. The topological polar surface area (TPSA) is 30.5 Å². The molecule has 0 aliphatic carbocycles. The van der Waals surface area contributed by atoms with Gasteiger partial charge in [-0.05, 0) is 26.0 Å². The van der Waals surface area contributed by atoms with Gasteiger partial charge in [0.25, 0.3) is 0 Å². The smallest absolute Gasteiger partial charge is 0.124 e. The van der Waals surface area contributed by atoms with Crippen molar-refractivity contribution < 1.29 is 9.47 Å². The molecule has 0 spiro atoms. The summed E-state index contributed by atoms with van der Waals surface area (Å²) >= 11 is 0. The average molecular weight is 265 g/mol. The van der Waals surface area contributed by atoms with Gasteiger partial charge >= 0.3 is 0 Å². The van der Waals surface area contributed by atoms with Crippen LogP contribution in [0.1, 0.15) is 44.7 Å². The maximum atomic E-state index is 5.85. The Bertz CT molecular complexity index is 354. The molecule has 0 heterocycles. The lowest BCUT2D eigenvalue weighted by Gasteiger charge is -2.27. The van der Waals surface area contributed by atoms with E-state index in [2.05, 4.69) is 31.3 Å². The van der Waals surface area contributed by atoms with Crippen molar-refractivity contribution in [1.29, 1.82) is 0 Å². The molecule has 0 aliphatic rings. The van der Waals surface area contributed by atoms with E-state index in [4.69, 9.17) is 9.47 Å². The molecule has 0 saturated heterocycles. The van der Waals surface area contributed by atoms with Crippen LogP contribution < -0.4 is 10.1 Å². The molecule has 1 aromatic rings. The van der Waals surface area contributed by atoms with E-state index in [1.807, 2.05) is 19.2 Å². The third kappa shape index (κ3) is 4.51. The van der Waals surface area contributed by atoms with Crippen molar-refractivity contribution in [2.45, 2.75) is 45.3 Å². The molecule has 0 aliphatic heterocycles. The molecule has 1 aromatic carbocycles. The van der Waals surface area contributed by atoms with Crippen molar-refractivity contribution in [2.24, 2.45) is 0 Å². The predicted molar refractivity (Wildman–Crippen MR) is 79.7 cm³/mol. The van der Waals surface area contributed by atoms with Gasteiger partial charge in [-0.1, -0.05) is 38.5 Å². The van der Waals surface area contributed by atoms with E-state index >= 15 is 0 Å². The zero-order valence-electron chi connectivity index (χ0n) is 12.6. The number of ether oxygens (including phenoxy) is 2. The monoisotopic (exact) mass is 265 g/mol. The van der Waals surface area contributed by atoms with Crippen LogP contribution in [-0.2, 0) is 4.74 Å². The minimum atomic E-state index is 0.165. The minimum absolute atomic E-state index is 0.165. The number of para-hydroxylation sites is 1. The molecule has 0 amide bonds. The van der Waals surface area contributed by atoms with E-state index < -0.39 is 0 Å². The van der Waals surface area contributed by atoms with Gasteiger partial charge in [-0.3, -0.25) is 0 Å². The summed E-state index contributed by atoms with van der Waals surface area (Å²) in [6.45, 7) is 5.05. The van der Waals surface area contributed by atoms with E-state index in [1.54, 1.807) is 7.11 Å². The lowest BCUT2D eigenvalue weighted by molar-refractivity contribution is 0.0620. The van der Waals surface area contributed by atoms with Crippen LogP contribution in [-0.4, -0.2) is 26.9 Å². The summed E-state index contributed by atoms with van der Waals surface area (Å²) in [4.78, 5) is 0. The van der Waals surface area contributed by atoms with E-state index in [1.165, 1.54) is 5.56 Å². The first-order valence-electron chi connectivity index (χ1n) is 7.20. The van der Waals surface area contributed by atoms with Gasteiger partial charge in [0.1, 0.15) is 5.75 Å². The fraction of sp³-hybridized carbons (Fsp3) is 0.625. The summed E-state index contributed by atoms with van der Waals surface area (Å²) in [5.74, 6) is 0.960. The Morgan fingerprint density at radius 1 is 1.16 bits per heavy atom. The molecule has 1 rings (SSSR count). The minimum Gasteiger partial charge on any atom is -0.493 e. The summed E-state index contributed by atoms with van der Waals surface area (Å²) in [7, 11) is 3.75. The second-order valence-electron chi connectivity index (χ2n) is 4.72. The Kier molecular flexibility index (Phi) is 7.53. The lowest BCUT2D eigenvalue weighted by Crippen LogP contribution is -2.31. The van der Waals surface area contributed by atoms with Gasteiger partial charge in [-0.2, -0.15) is 0 Å². The van der Waals surface area contributed by atoms with Gasteiger partial charge in [0.15, 0.2) is 0 Å². The highest BCUT2D eigenvalue weighted by Crippen LogP contribution is 2.30. The zero-order valence-corrected chi connectivity index (χ0v) is 12.6. The third-order valence-electron chi connectivity index (χ3n) is 3.27. The first-order chi connectivity index (χ1) is 9.28. The molecule has 2 atom stereocenters. The van der Waals surface area contributed by atoms with E-state index in [9.17, 15) is 0 Å². The number of hydrogen-bond donors (Lipinski definition) is 1. The molecule has 0 fully saturated rings. The molecular weight excluding hydrogens is 238 g/mol. The highest BCUT2D eigenvalue weighted by molar-refractivity contribution is 5.36. The fourth-order valence-corrected chi connectivity index (χ4v) is 2.33. The number of benzene rings is 1. The molecule has 0 saturated carbocycles. The highest BCUT2D eigenvalue weighted by atomic mass is 16.5. The SMILES string of the molecule is CCCOc1ccccc1C(NC)C(CCC)OC. The first-order valence-corrected chi connectivity index (χ1v) is 7.20. The van der Waals surface area contributed by atoms with Gasteiger partial charge in [0.05, 0.1) is 18.8 Å². The Morgan fingerprint density at radius 2 is 1.89 bits per heavy atom. The van der Waals surface area contributed by atoms with Gasteiger partial charge in [0, 0.05) is 12.7 Å². The van der Waals surface area contributed by atoms with Crippen LogP contribution in [0.25, 0.3) is 0 Å². The van der Waals surface area contributed by atoms with Crippen LogP contribution >= 0.6 is 0 Å². The van der Waals surface area contributed by atoms with Crippen LogP contribution in [0.15, 0.2) is 24.3 Å². The van der Waals surface area contributed by atoms with Crippen molar-refractivity contribution in [3.05, 3.63) is 29.8 Å². The zero-order chi connectivity index (χ0) is 14.1. The maximum absolute atomic E-state index is 5.85. The molecule has 3 nitrogen and oxygen atoms in total. The molecule has 0 bridgehead atoms. The third-order valence-corrected chi connectivity index (χ3v) is 3.27. The van der Waals surface area contributed by atoms with Crippen molar-refractivity contribution in [3.63, 3.8) is 0 Å². The quantitative estimate of drug-likeness (QED) is 0.740. The standard InChI is InChI=1S/C16H27NO2/c1-5-9-15(18-4)16(17-3)13-10-7-8-11-14(13)19-12-6-2/h7-8,10-11,15-17H,5-6,9,12H2,1-4H3. The number of nitrogens with one attached hydrogen (secondary N) is 1. The second-order valence-corrected chi connectivity index (χ2v) is 4.72. The van der Waals surface area contributed by atoms with Crippen molar-refractivity contribution in [3.8, 4) is 5.75 Å². The van der Waals surface area contributed by atoms with E-state index in [0.29, 0.717) is 0 Å². The summed E-state index contributed by atoms with van der Waals surface area (Å²) in [6.07, 6.45) is 3.32. The largest absolute Gasteiger partial charge is 0.493 e. The van der Waals surface area contributed by atoms with Crippen LogP contribution in [0.2, 0.25) is 0 Å². The lowest BCUT2D eigenvalue weighted by atomic mass is 9.97. The second kappa shape index (κ2) is 8.94. The number of rotatable bonds is 9. The van der Waals surface area contributed by atoms with Crippen LogP contribution in [0.4, 0.5) is 0 Å². The number of likely N-dealkylation sites (N-methyl/N-ethyl adjacent to an activating group) is 1. The summed E-state index contributed by atoms with van der Waals surface area (Å²) in [5, 5.41) is 3.37. The Hall–Kier alpha value is -1.06. The summed E-state index contributed by atoms with van der Waals surface area (Å²) in [6, 6.07) is 8.39. The molecular formula is C16H27NO2. The molecule has 108 valence electrons. The molecule has 0 aromatic heterocycles. The Labute approximate surface area is 117 Å². The average Bonchev–Trinajstić information content (AvgIpc) is 2.46.